The molecule has 0 aliphatic heterocycles. The van der Waals surface area contributed by atoms with Crippen LogP contribution < -0.4 is 10.6 Å². The molecule has 15 heavy (non-hydrogen) atoms. The zero-order valence-corrected chi connectivity index (χ0v) is 10.7. The van der Waals surface area contributed by atoms with E-state index in [9.17, 15) is 4.79 Å². The van der Waals surface area contributed by atoms with Crippen LogP contribution in [-0.4, -0.2) is 37.2 Å². The molecule has 1 amide bonds. The molecule has 4 heteroatoms. The van der Waals surface area contributed by atoms with E-state index in [1.165, 1.54) is 0 Å². The van der Waals surface area contributed by atoms with Gasteiger partial charge in [0.15, 0.2) is 0 Å². The van der Waals surface area contributed by atoms with Crippen LogP contribution in [0.1, 0.15) is 34.6 Å². The first-order valence-corrected chi connectivity index (χ1v) is 5.21. The number of amides is 1. The van der Waals surface area contributed by atoms with Gasteiger partial charge in [-0.3, -0.25) is 4.79 Å². The number of nitrogens with one attached hydrogen (secondary N) is 2. The van der Waals surface area contributed by atoms with Crippen molar-refractivity contribution in [2.45, 2.75) is 45.7 Å². The third-order valence-corrected chi connectivity index (χ3v) is 1.76. The fraction of sp³-hybridized carbons (Fsp3) is 0.909. The Morgan fingerprint density at radius 2 is 1.73 bits per heavy atom. The Balaban J connectivity index is 3.93. The molecule has 0 rings (SSSR count). The van der Waals surface area contributed by atoms with Crippen molar-refractivity contribution >= 4 is 5.91 Å². The van der Waals surface area contributed by atoms with Crippen molar-refractivity contribution in [2.24, 2.45) is 0 Å². The van der Waals surface area contributed by atoms with Crippen LogP contribution in [0, 0.1) is 0 Å². The van der Waals surface area contributed by atoms with Gasteiger partial charge < -0.3 is 15.4 Å². The average Bonchev–Trinajstić information content (AvgIpc) is 1.98. The van der Waals surface area contributed by atoms with Crippen molar-refractivity contribution in [3.63, 3.8) is 0 Å². The highest BCUT2D eigenvalue weighted by atomic mass is 16.5. The van der Waals surface area contributed by atoms with E-state index in [0.29, 0.717) is 13.2 Å². The second-order valence-electron chi connectivity index (χ2n) is 5.47. The van der Waals surface area contributed by atoms with Gasteiger partial charge in [-0.15, -0.1) is 0 Å². The maximum absolute atomic E-state index is 11.6. The first-order valence-electron chi connectivity index (χ1n) is 5.21. The Hall–Kier alpha value is -0.610. The van der Waals surface area contributed by atoms with Gasteiger partial charge in [0.2, 0.25) is 5.91 Å². The van der Waals surface area contributed by atoms with Gasteiger partial charge in [-0.1, -0.05) is 0 Å². The summed E-state index contributed by atoms with van der Waals surface area (Å²) in [5.74, 6) is -0.00743. The minimum atomic E-state index is -0.314. The van der Waals surface area contributed by atoms with E-state index >= 15 is 0 Å². The number of carbonyl (C=O) groups is 1. The smallest absolute Gasteiger partial charge is 0.234 e. The normalized spacial score (nSPS) is 12.7. The highest BCUT2D eigenvalue weighted by Gasteiger charge is 2.20. The van der Waals surface area contributed by atoms with E-state index in [1.807, 2.05) is 34.6 Å². The highest BCUT2D eigenvalue weighted by molar-refractivity contribution is 5.78. The summed E-state index contributed by atoms with van der Waals surface area (Å²) >= 11 is 0. The molecular formula is C11H24N2O2. The van der Waals surface area contributed by atoms with Crippen molar-refractivity contribution in [3.05, 3.63) is 0 Å². The molecule has 0 heterocycles. The first-order chi connectivity index (χ1) is 6.66. The number of methoxy groups -OCH3 is 1. The molecular weight excluding hydrogens is 192 g/mol. The summed E-state index contributed by atoms with van der Waals surface area (Å²) in [5.41, 5.74) is -0.353. The topological polar surface area (TPSA) is 50.4 Å². The molecule has 0 aliphatic rings. The molecule has 0 fully saturated rings. The van der Waals surface area contributed by atoms with Crippen LogP contribution in [-0.2, 0) is 9.53 Å². The van der Waals surface area contributed by atoms with Gasteiger partial charge in [0.25, 0.3) is 0 Å². The second-order valence-corrected chi connectivity index (χ2v) is 5.47. The van der Waals surface area contributed by atoms with E-state index in [2.05, 4.69) is 10.6 Å². The predicted octanol–water partition coefficient (Wildman–Crippen LogP) is 0.916. The van der Waals surface area contributed by atoms with Crippen LogP contribution >= 0.6 is 0 Å². The number of ether oxygens (including phenoxy) is 1. The van der Waals surface area contributed by atoms with Crippen LogP contribution in [0.5, 0.6) is 0 Å². The van der Waals surface area contributed by atoms with Crippen molar-refractivity contribution in [3.8, 4) is 0 Å². The summed E-state index contributed by atoms with van der Waals surface area (Å²) in [5, 5.41) is 6.04. The van der Waals surface area contributed by atoms with Gasteiger partial charge in [0.05, 0.1) is 18.7 Å². The molecule has 0 saturated heterocycles. The Kier molecular flexibility index (Phi) is 5.24. The standard InChI is InChI=1S/C11H24N2O2/c1-10(2,3)12-7-9(14)13-11(4,5)8-15-6/h12H,7-8H2,1-6H3,(H,13,14). The molecule has 0 aromatic carbocycles. The molecule has 0 aliphatic carbocycles. The summed E-state index contributed by atoms with van der Waals surface area (Å²) in [7, 11) is 1.63. The number of carbonyl (C=O) groups excluding carboxylic acids is 1. The van der Waals surface area contributed by atoms with Gasteiger partial charge in [-0.2, -0.15) is 0 Å². The Morgan fingerprint density at radius 3 is 2.13 bits per heavy atom. The van der Waals surface area contributed by atoms with E-state index in [-0.39, 0.29) is 17.0 Å². The molecule has 4 nitrogen and oxygen atoms in total. The summed E-state index contributed by atoms with van der Waals surface area (Å²) in [6.07, 6.45) is 0. The third kappa shape index (κ3) is 8.39. The fourth-order valence-corrected chi connectivity index (χ4v) is 1.16. The molecule has 90 valence electrons. The van der Waals surface area contributed by atoms with Crippen LogP contribution in [0.3, 0.4) is 0 Å². The summed E-state index contributed by atoms with van der Waals surface area (Å²) in [6, 6.07) is 0. The van der Waals surface area contributed by atoms with E-state index in [1.54, 1.807) is 7.11 Å². The summed E-state index contributed by atoms with van der Waals surface area (Å²) in [6.45, 7) is 10.8. The van der Waals surface area contributed by atoms with Gasteiger partial charge in [0, 0.05) is 12.6 Å². The Labute approximate surface area is 92.8 Å². The number of hydrogen-bond acceptors (Lipinski definition) is 3. The maximum atomic E-state index is 11.6. The molecule has 0 aromatic heterocycles. The monoisotopic (exact) mass is 216 g/mol. The lowest BCUT2D eigenvalue weighted by molar-refractivity contribution is -0.122. The van der Waals surface area contributed by atoms with Crippen LogP contribution in [0.25, 0.3) is 0 Å². The second kappa shape index (κ2) is 5.47. The quantitative estimate of drug-likeness (QED) is 0.718. The van der Waals surface area contributed by atoms with Crippen molar-refractivity contribution in [2.75, 3.05) is 20.3 Å². The molecule has 0 spiro atoms. The molecule has 0 atom stereocenters. The van der Waals surface area contributed by atoms with Gasteiger partial charge >= 0.3 is 0 Å². The van der Waals surface area contributed by atoms with Gasteiger partial charge in [-0.25, -0.2) is 0 Å². The zero-order chi connectivity index (χ0) is 12.1. The van der Waals surface area contributed by atoms with Crippen molar-refractivity contribution in [1.29, 1.82) is 0 Å². The SMILES string of the molecule is COCC(C)(C)NC(=O)CNC(C)(C)C. The molecule has 2 N–H and O–H groups in total. The Morgan fingerprint density at radius 1 is 1.20 bits per heavy atom. The fourth-order valence-electron chi connectivity index (χ4n) is 1.16. The van der Waals surface area contributed by atoms with Gasteiger partial charge in [-0.05, 0) is 34.6 Å². The van der Waals surface area contributed by atoms with Crippen LogP contribution in [0.4, 0.5) is 0 Å². The minimum absolute atomic E-state index is 0.00743. The molecule has 0 aromatic rings. The van der Waals surface area contributed by atoms with Gasteiger partial charge in [0.1, 0.15) is 0 Å². The number of hydrogen-bond donors (Lipinski definition) is 2. The highest BCUT2D eigenvalue weighted by Crippen LogP contribution is 2.02. The molecule has 0 radical (unpaired) electrons. The lowest BCUT2D eigenvalue weighted by Crippen LogP contribution is -2.51. The summed E-state index contributed by atoms with van der Waals surface area (Å²) in [4.78, 5) is 11.6. The van der Waals surface area contributed by atoms with Crippen LogP contribution in [0.15, 0.2) is 0 Å². The van der Waals surface area contributed by atoms with E-state index in [4.69, 9.17) is 4.74 Å². The summed E-state index contributed by atoms with van der Waals surface area (Å²) < 4.78 is 5.02. The first kappa shape index (κ1) is 14.4. The Bertz CT molecular complexity index is 207. The minimum Gasteiger partial charge on any atom is -0.382 e. The van der Waals surface area contributed by atoms with E-state index in [0.717, 1.165) is 0 Å². The lowest BCUT2D eigenvalue weighted by atomic mass is 10.1. The van der Waals surface area contributed by atoms with Crippen molar-refractivity contribution in [1.82, 2.24) is 10.6 Å². The molecule has 0 saturated carbocycles. The van der Waals surface area contributed by atoms with E-state index < -0.39 is 0 Å². The third-order valence-electron chi connectivity index (χ3n) is 1.76. The largest absolute Gasteiger partial charge is 0.382 e. The molecule has 0 unspecified atom stereocenters. The van der Waals surface area contributed by atoms with Crippen molar-refractivity contribution < 1.29 is 9.53 Å². The molecule has 0 bridgehead atoms. The average molecular weight is 216 g/mol. The zero-order valence-electron chi connectivity index (χ0n) is 10.7. The maximum Gasteiger partial charge on any atom is 0.234 e. The predicted molar refractivity (Wildman–Crippen MR) is 61.9 cm³/mol. The van der Waals surface area contributed by atoms with Crippen LogP contribution in [0.2, 0.25) is 0 Å². The lowest BCUT2D eigenvalue weighted by Gasteiger charge is -2.27. The number of rotatable bonds is 5.